The Kier molecular flexibility index (Phi) is 3.39. The summed E-state index contributed by atoms with van der Waals surface area (Å²) in [4.78, 5) is 0. The lowest BCUT2D eigenvalue weighted by Crippen LogP contribution is -2.23. The van der Waals surface area contributed by atoms with Crippen LogP contribution in [0.1, 0.15) is 30.1 Å². The summed E-state index contributed by atoms with van der Waals surface area (Å²) in [5.41, 5.74) is 2.24. The third kappa shape index (κ3) is 2.58. The van der Waals surface area contributed by atoms with Gasteiger partial charge in [-0.25, -0.2) is 0 Å². The molecule has 0 aromatic heterocycles. The first-order chi connectivity index (χ1) is 7.27. The molecule has 1 saturated heterocycles. The Bertz CT molecular complexity index is 299. The predicted molar refractivity (Wildman–Crippen MR) is 59.7 cm³/mol. The standard InChI is InChI=1S/C13H18O2/c1-10-4-6-11(7-5-10)13(14)12-3-2-8-15-9-12/h4-7,12-14H,2-3,8-9H2,1H3. The van der Waals surface area contributed by atoms with Crippen LogP contribution in [0.4, 0.5) is 0 Å². The molecular formula is C13H18O2. The smallest absolute Gasteiger partial charge is 0.0840 e. The minimum Gasteiger partial charge on any atom is -0.388 e. The molecule has 2 unspecified atom stereocenters. The zero-order valence-electron chi connectivity index (χ0n) is 9.15. The molecular weight excluding hydrogens is 188 g/mol. The number of aryl methyl sites for hydroxylation is 1. The fourth-order valence-corrected chi connectivity index (χ4v) is 2.05. The van der Waals surface area contributed by atoms with E-state index in [4.69, 9.17) is 4.74 Å². The molecule has 1 aliphatic rings. The van der Waals surface area contributed by atoms with Crippen molar-refractivity contribution in [3.8, 4) is 0 Å². The average Bonchev–Trinajstić information content (AvgIpc) is 2.30. The van der Waals surface area contributed by atoms with Crippen LogP contribution in [0.5, 0.6) is 0 Å². The van der Waals surface area contributed by atoms with Gasteiger partial charge < -0.3 is 9.84 Å². The monoisotopic (exact) mass is 206 g/mol. The number of hydrogen-bond donors (Lipinski definition) is 1. The second-order valence-electron chi connectivity index (χ2n) is 4.33. The van der Waals surface area contributed by atoms with Gasteiger partial charge in [0.15, 0.2) is 0 Å². The van der Waals surface area contributed by atoms with E-state index in [1.165, 1.54) is 5.56 Å². The SMILES string of the molecule is Cc1ccc(C(O)C2CCCOC2)cc1. The fourth-order valence-electron chi connectivity index (χ4n) is 2.05. The van der Waals surface area contributed by atoms with Crippen molar-refractivity contribution in [3.05, 3.63) is 35.4 Å². The molecule has 0 amide bonds. The third-order valence-corrected chi connectivity index (χ3v) is 3.06. The zero-order chi connectivity index (χ0) is 10.7. The van der Waals surface area contributed by atoms with Gasteiger partial charge in [-0.1, -0.05) is 29.8 Å². The van der Waals surface area contributed by atoms with Crippen LogP contribution in [0.3, 0.4) is 0 Å². The summed E-state index contributed by atoms with van der Waals surface area (Å²) in [6, 6.07) is 8.10. The average molecular weight is 206 g/mol. The summed E-state index contributed by atoms with van der Waals surface area (Å²) < 4.78 is 5.39. The molecule has 0 spiro atoms. The van der Waals surface area contributed by atoms with Gasteiger partial charge in [0, 0.05) is 12.5 Å². The number of aliphatic hydroxyl groups is 1. The predicted octanol–water partition coefficient (Wildman–Crippen LogP) is 2.46. The second-order valence-corrected chi connectivity index (χ2v) is 4.33. The largest absolute Gasteiger partial charge is 0.388 e. The molecule has 2 heteroatoms. The molecule has 0 radical (unpaired) electrons. The van der Waals surface area contributed by atoms with Crippen LogP contribution in [0.15, 0.2) is 24.3 Å². The molecule has 2 rings (SSSR count). The zero-order valence-corrected chi connectivity index (χ0v) is 9.15. The van der Waals surface area contributed by atoms with Gasteiger partial charge in [0.25, 0.3) is 0 Å². The Morgan fingerprint density at radius 3 is 2.67 bits per heavy atom. The van der Waals surface area contributed by atoms with E-state index in [1.807, 2.05) is 24.3 Å². The van der Waals surface area contributed by atoms with Crippen molar-refractivity contribution in [3.63, 3.8) is 0 Å². The van der Waals surface area contributed by atoms with E-state index in [2.05, 4.69) is 6.92 Å². The maximum absolute atomic E-state index is 10.2. The summed E-state index contributed by atoms with van der Waals surface area (Å²) in [6.45, 7) is 3.59. The molecule has 15 heavy (non-hydrogen) atoms. The number of ether oxygens (including phenoxy) is 1. The molecule has 0 bridgehead atoms. The van der Waals surface area contributed by atoms with Crippen molar-refractivity contribution in [2.45, 2.75) is 25.9 Å². The lowest BCUT2D eigenvalue weighted by atomic mass is 9.91. The first-order valence-electron chi connectivity index (χ1n) is 5.60. The molecule has 0 aliphatic carbocycles. The highest BCUT2D eigenvalue weighted by atomic mass is 16.5. The second kappa shape index (κ2) is 4.77. The highest BCUT2D eigenvalue weighted by molar-refractivity contribution is 5.23. The van der Waals surface area contributed by atoms with Crippen molar-refractivity contribution in [2.75, 3.05) is 13.2 Å². The quantitative estimate of drug-likeness (QED) is 0.805. The molecule has 82 valence electrons. The Balaban J connectivity index is 2.05. The summed E-state index contributed by atoms with van der Waals surface area (Å²) in [6.07, 6.45) is 1.76. The molecule has 1 heterocycles. The van der Waals surface area contributed by atoms with E-state index in [0.717, 1.165) is 25.0 Å². The molecule has 2 nitrogen and oxygen atoms in total. The van der Waals surface area contributed by atoms with E-state index in [0.29, 0.717) is 6.61 Å². The van der Waals surface area contributed by atoms with Crippen molar-refractivity contribution in [2.24, 2.45) is 5.92 Å². The van der Waals surface area contributed by atoms with Crippen LogP contribution in [0.25, 0.3) is 0 Å². The first-order valence-corrected chi connectivity index (χ1v) is 5.60. The van der Waals surface area contributed by atoms with Gasteiger partial charge in [-0.2, -0.15) is 0 Å². The molecule has 1 aromatic carbocycles. The van der Waals surface area contributed by atoms with Gasteiger partial charge in [-0.15, -0.1) is 0 Å². The minimum atomic E-state index is -0.370. The number of rotatable bonds is 2. The minimum absolute atomic E-state index is 0.265. The molecule has 1 N–H and O–H groups in total. The van der Waals surface area contributed by atoms with Gasteiger partial charge in [0.05, 0.1) is 12.7 Å². The first kappa shape index (κ1) is 10.7. The van der Waals surface area contributed by atoms with Gasteiger partial charge in [0.2, 0.25) is 0 Å². The topological polar surface area (TPSA) is 29.5 Å². The third-order valence-electron chi connectivity index (χ3n) is 3.06. The van der Waals surface area contributed by atoms with E-state index in [-0.39, 0.29) is 12.0 Å². The maximum atomic E-state index is 10.2. The van der Waals surface area contributed by atoms with Crippen LogP contribution in [0.2, 0.25) is 0 Å². The Morgan fingerprint density at radius 1 is 1.33 bits per heavy atom. The van der Waals surface area contributed by atoms with Crippen molar-refractivity contribution in [1.82, 2.24) is 0 Å². The lowest BCUT2D eigenvalue weighted by Gasteiger charge is -2.26. The molecule has 1 aromatic rings. The van der Waals surface area contributed by atoms with Crippen LogP contribution in [-0.2, 0) is 4.74 Å². The van der Waals surface area contributed by atoms with Crippen LogP contribution < -0.4 is 0 Å². The Labute approximate surface area is 90.9 Å². The fraction of sp³-hybridized carbons (Fsp3) is 0.538. The maximum Gasteiger partial charge on any atom is 0.0840 e. The van der Waals surface area contributed by atoms with Gasteiger partial charge in [-0.05, 0) is 25.3 Å². The lowest BCUT2D eigenvalue weighted by molar-refractivity contribution is -0.00996. The van der Waals surface area contributed by atoms with E-state index in [9.17, 15) is 5.11 Å². The summed E-state index contributed by atoms with van der Waals surface area (Å²) in [5, 5.41) is 10.2. The van der Waals surface area contributed by atoms with Crippen molar-refractivity contribution >= 4 is 0 Å². The summed E-state index contributed by atoms with van der Waals surface area (Å²) in [7, 11) is 0. The molecule has 0 saturated carbocycles. The molecule has 2 atom stereocenters. The van der Waals surface area contributed by atoms with Crippen molar-refractivity contribution < 1.29 is 9.84 Å². The van der Waals surface area contributed by atoms with Crippen molar-refractivity contribution in [1.29, 1.82) is 0 Å². The van der Waals surface area contributed by atoms with E-state index < -0.39 is 0 Å². The van der Waals surface area contributed by atoms with Crippen LogP contribution in [0, 0.1) is 12.8 Å². The summed E-state index contributed by atoms with van der Waals surface area (Å²) >= 11 is 0. The van der Waals surface area contributed by atoms with Gasteiger partial charge in [-0.3, -0.25) is 0 Å². The molecule has 1 fully saturated rings. The Morgan fingerprint density at radius 2 is 2.07 bits per heavy atom. The highest BCUT2D eigenvalue weighted by Gasteiger charge is 2.23. The number of benzene rings is 1. The number of aliphatic hydroxyl groups excluding tert-OH is 1. The van der Waals surface area contributed by atoms with Crippen LogP contribution >= 0.6 is 0 Å². The van der Waals surface area contributed by atoms with Gasteiger partial charge >= 0.3 is 0 Å². The van der Waals surface area contributed by atoms with E-state index >= 15 is 0 Å². The summed E-state index contributed by atoms with van der Waals surface area (Å²) in [5.74, 6) is 0.265. The number of hydrogen-bond acceptors (Lipinski definition) is 2. The Hall–Kier alpha value is -0.860. The highest BCUT2D eigenvalue weighted by Crippen LogP contribution is 2.28. The normalized spacial score (nSPS) is 23.7. The van der Waals surface area contributed by atoms with Crippen LogP contribution in [-0.4, -0.2) is 18.3 Å². The molecule has 1 aliphatic heterocycles. The van der Waals surface area contributed by atoms with E-state index in [1.54, 1.807) is 0 Å². The van der Waals surface area contributed by atoms with Gasteiger partial charge in [0.1, 0.15) is 0 Å².